The number of hydrogen-bond acceptors (Lipinski definition) is 5. The average molecular weight is 469 g/mol. The number of carboxylic acid groups (broad SMARTS) is 1. The van der Waals surface area contributed by atoms with Gasteiger partial charge in [-0.25, -0.2) is 17.6 Å². The van der Waals surface area contributed by atoms with Gasteiger partial charge in [-0.2, -0.15) is 0 Å². The normalized spacial score (nSPS) is 11.6. The first-order valence-corrected chi connectivity index (χ1v) is 11.8. The summed E-state index contributed by atoms with van der Waals surface area (Å²) in [4.78, 5) is 12.2. The second-order valence-electron chi connectivity index (χ2n) is 7.41. The number of anilines is 1. The summed E-state index contributed by atoms with van der Waals surface area (Å²) in [6.45, 7) is -0.611. The topological polar surface area (TPSA) is 108 Å². The van der Waals surface area contributed by atoms with Crippen molar-refractivity contribution in [2.24, 2.45) is 0 Å². The van der Waals surface area contributed by atoms with E-state index in [1.165, 1.54) is 30.3 Å². The lowest BCUT2D eigenvalue weighted by Crippen LogP contribution is -2.33. The second kappa shape index (κ2) is 8.68. The van der Waals surface area contributed by atoms with Crippen LogP contribution in [0, 0.1) is 5.82 Å². The van der Waals surface area contributed by atoms with Crippen LogP contribution in [0.25, 0.3) is 33.4 Å². The lowest BCUT2D eigenvalue weighted by Gasteiger charge is -2.24. The number of furan rings is 1. The molecule has 3 aromatic carbocycles. The molecule has 0 amide bonds. The third-order valence-electron chi connectivity index (χ3n) is 5.18. The van der Waals surface area contributed by atoms with Crippen molar-refractivity contribution < 1.29 is 32.2 Å². The molecule has 0 spiro atoms. The Morgan fingerprint density at radius 2 is 1.70 bits per heavy atom. The molecule has 0 aliphatic rings. The summed E-state index contributed by atoms with van der Waals surface area (Å²) in [5.74, 6) is -1.69. The molecular weight excluding hydrogens is 449 g/mol. The van der Waals surface area contributed by atoms with Gasteiger partial charge < -0.3 is 14.6 Å². The Hall–Kier alpha value is -3.69. The molecule has 0 bridgehead atoms. The molecule has 0 radical (unpaired) electrons. The number of aliphatic hydroxyl groups is 1. The number of benzene rings is 3. The van der Waals surface area contributed by atoms with E-state index in [-0.39, 0.29) is 34.5 Å². The van der Waals surface area contributed by atoms with Gasteiger partial charge in [-0.3, -0.25) is 4.31 Å². The Morgan fingerprint density at radius 1 is 1.03 bits per heavy atom. The Balaban J connectivity index is 2.07. The Bertz CT molecular complexity index is 1430. The standard InChI is InChI=1S/C24H20FNO6S/c1-33(30,31)26(11-12-27)20-14-21-19(13-18(20)15-5-3-2-4-6-15)22(24(28)29)23(32-21)16-7-9-17(25)10-8-16/h2-10,13-14,27H,11-12H2,1H3,(H,28,29). The van der Waals surface area contributed by atoms with Crippen molar-refractivity contribution in [2.75, 3.05) is 23.7 Å². The molecule has 7 nitrogen and oxygen atoms in total. The summed E-state index contributed by atoms with van der Waals surface area (Å²) >= 11 is 0. The van der Waals surface area contributed by atoms with Crippen LogP contribution in [0.1, 0.15) is 10.4 Å². The number of rotatable bonds is 7. The van der Waals surface area contributed by atoms with Crippen LogP contribution in [-0.4, -0.2) is 44.0 Å². The first-order valence-electron chi connectivity index (χ1n) is 9.94. The summed E-state index contributed by atoms with van der Waals surface area (Å²) in [7, 11) is -3.78. The van der Waals surface area contributed by atoms with Crippen molar-refractivity contribution in [1.82, 2.24) is 0 Å². The fourth-order valence-corrected chi connectivity index (χ4v) is 4.68. The molecule has 0 fully saturated rings. The highest BCUT2D eigenvalue weighted by Crippen LogP contribution is 2.41. The van der Waals surface area contributed by atoms with Crippen molar-refractivity contribution in [3.8, 4) is 22.5 Å². The molecule has 9 heteroatoms. The van der Waals surface area contributed by atoms with E-state index in [9.17, 15) is 27.8 Å². The first kappa shape index (κ1) is 22.5. The number of nitrogens with zero attached hydrogens (tertiary/aromatic N) is 1. The molecule has 1 heterocycles. The van der Waals surface area contributed by atoms with Gasteiger partial charge >= 0.3 is 5.97 Å². The van der Waals surface area contributed by atoms with E-state index in [0.717, 1.165) is 10.6 Å². The van der Waals surface area contributed by atoms with E-state index in [0.29, 0.717) is 16.7 Å². The van der Waals surface area contributed by atoms with Crippen LogP contribution in [0.5, 0.6) is 0 Å². The molecule has 0 unspecified atom stereocenters. The van der Waals surface area contributed by atoms with Crippen LogP contribution in [0.2, 0.25) is 0 Å². The fraction of sp³-hybridized carbons (Fsp3) is 0.125. The minimum atomic E-state index is -3.78. The van der Waals surface area contributed by atoms with Gasteiger partial charge in [-0.05, 0) is 35.9 Å². The highest BCUT2D eigenvalue weighted by Gasteiger charge is 2.27. The minimum Gasteiger partial charge on any atom is -0.478 e. The van der Waals surface area contributed by atoms with Crippen molar-refractivity contribution in [1.29, 1.82) is 0 Å². The van der Waals surface area contributed by atoms with E-state index in [1.54, 1.807) is 36.4 Å². The van der Waals surface area contributed by atoms with E-state index in [1.807, 2.05) is 0 Å². The third-order valence-corrected chi connectivity index (χ3v) is 6.36. The maximum atomic E-state index is 13.4. The van der Waals surface area contributed by atoms with Gasteiger partial charge in [0.15, 0.2) is 0 Å². The number of halogens is 1. The maximum absolute atomic E-state index is 13.4. The van der Waals surface area contributed by atoms with Crippen molar-refractivity contribution >= 4 is 32.6 Å². The van der Waals surface area contributed by atoms with Gasteiger partial charge in [0, 0.05) is 22.6 Å². The SMILES string of the molecule is CS(=O)(=O)N(CCO)c1cc2oc(-c3ccc(F)cc3)c(C(=O)O)c2cc1-c1ccccc1. The predicted molar refractivity (Wildman–Crippen MR) is 123 cm³/mol. The number of hydrogen-bond donors (Lipinski definition) is 2. The highest BCUT2D eigenvalue weighted by molar-refractivity contribution is 7.92. The summed E-state index contributed by atoms with van der Waals surface area (Å²) < 4.78 is 45.4. The lowest BCUT2D eigenvalue weighted by molar-refractivity contribution is 0.0699. The van der Waals surface area contributed by atoms with Crippen LogP contribution < -0.4 is 4.31 Å². The van der Waals surface area contributed by atoms with Crippen LogP contribution in [0.4, 0.5) is 10.1 Å². The zero-order valence-corrected chi connectivity index (χ0v) is 18.3. The molecule has 4 rings (SSSR count). The molecule has 2 N–H and O–H groups in total. The van der Waals surface area contributed by atoms with Gasteiger partial charge in [0.25, 0.3) is 0 Å². The summed E-state index contributed by atoms with van der Waals surface area (Å²) in [6, 6.07) is 17.1. The molecule has 0 aliphatic carbocycles. The Morgan fingerprint density at radius 3 is 2.27 bits per heavy atom. The number of aromatic carboxylic acids is 1. The van der Waals surface area contributed by atoms with Crippen LogP contribution in [-0.2, 0) is 10.0 Å². The maximum Gasteiger partial charge on any atom is 0.340 e. The number of carboxylic acids is 1. The molecule has 1 aromatic heterocycles. The van der Waals surface area contributed by atoms with Crippen LogP contribution in [0.3, 0.4) is 0 Å². The Kier molecular flexibility index (Phi) is 5.92. The molecule has 170 valence electrons. The summed E-state index contributed by atoms with van der Waals surface area (Å²) in [5.41, 5.74) is 1.74. The number of carbonyl (C=O) groups is 1. The number of aliphatic hydroxyl groups excluding tert-OH is 1. The minimum absolute atomic E-state index is 0.0294. The number of sulfonamides is 1. The van der Waals surface area contributed by atoms with Crippen molar-refractivity contribution in [3.63, 3.8) is 0 Å². The first-order chi connectivity index (χ1) is 15.7. The van der Waals surface area contributed by atoms with Gasteiger partial charge in [-0.1, -0.05) is 30.3 Å². The second-order valence-corrected chi connectivity index (χ2v) is 9.32. The molecule has 0 saturated heterocycles. The fourth-order valence-electron chi connectivity index (χ4n) is 3.76. The van der Waals surface area contributed by atoms with Gasteiger partial charge in [0.2, 0.25) is 10.0 Å². The largest absolute Gasteiger partial charge is 0.478 e. The smallest absolute Gasteiger partial charge is 0.340 e. The molecular formula is C24H20FNO6S. The highest BCUT2D eigenvalue weighted by atomic mass is 32.2. The van der Waals surface area contributed by atoms with E-state index in [4.69, 9.17) is 4.42 Å². The molecule has 0 aliphatic heterocycles. The molecule has 0 saturated carbocycles. The average Bonchev–Trinajstić information content (AvgIpc) is 3.15. The summed E-state index contributed by atoms with van der Waals surface area (Å²) in [6.07, 6.45) is 1.02. The summed E-state index contributed by atoms with van der Waals surface area (Å²) in [5, 5.41) is 19.7. The van der Waals surface area contributed by atoms with E-state index in [2.05, 4.69) is 0 Å². The quantitative estimate of drug-likeness (QED) is 0.416. The van der Waals surface area contributed by atoms with E-state index >= 15 is 0 Å². The van der Waals surface area contributed by atoms with Crippen LogP contribution in [0.15, 0.2) is 71.1 Å². The monoisotopic (exact) mass is 469 g/mol. The lowest BCUT2D eigenvalue weighted by atomic mass is 9.99. The van der Waals surface area contributed by atoms with Gasteiger partial charge in [0.05, 0.1) is 25.1 Å². The predicted octanol–water partition coefficient (Wildman–Crippen LogP) is 4.36. The zero-order valence-electron chi connectivity index (χ0n) is 17.5. The molecule has 0 atom stereocenters. The van der Waals surface area contributed by atoms with Gasteiger partial charge in [0.1, 0.15) is 22.7 Å². The van der Waals surface area contributed by atoms with Crippen molar-refractivity contribution in [2.45, 2.75) is 0 Å². The molecule has 33 heavy (non-hydrogen) atoms. The third kappa shape index (κ3) is 4.33. The van der Waals surface area contributed by atoms with Gasteiger partial charge in [-0.15, -0.1) is 0 Å². The Labute approximate surface area is 189 Å². The zero-order chi connectivity index (χ0) is 23.8. The van der Waals surface area contributed by atoms with E-state index < -0.39 is 28.4 Å². The van der Waals surface area contributed by atoms with Crippen LogP contribution >= 0.6 is 0 Å². The number of fused-ring (bicyclic) bond motifs is 1. The van der Waals surface area contributed by atoms with Crippen molar-refractivity contribution in [3.05, 3.63) is 78.1 Å². The molecule has 4 aromatic rings.